The van der Waals surface area contributed by atoms with Gasteiger partial charge in [-0.3, -0.25) is 0 Å². The molecule has 1 N–H and O–H groups in total. The first-order chi connectivity index (χ1) is 9.35. The number of aryl methyl sites for hydroxylation is 2. The van der Waals surface area contributed by atoms with E-state index in [-0.39, 0.29) is 0 Å². The van der Waals surface area contributed by atoms with Crippen molar-refractivity contribution in [1.82, 2.24) is 5.32 Å². The van der Waals surface area contributed by atoms with Gasteiger partial charge in [0.25, 0.3) is 0 Å². The van der Waals surface area contributed by atoms with Crippen LogP contribution in [0.1, 0.15) is 42.3 Å². The lowest BCUT2D eigenvalue weighted by Gasteiger charge is -2.21. The van der Waals surface area contributed by atoms with Gasteiger partial charge in [0, 0.05) is 10.9 Å². The minimum absolute atomic E-state index is 0.475. The molecule has 102 valence electrons. The fourth-order valence-electron chi connectivity index (χ4n) is 2.55. The average Bonchev–Trinajstić information content (AvgIpc) is 2.96. The van der Waals surface area contributed by atoms with Gasteiger partial charge in [-0.1, -0.05) is 44.2 Å². The Morgan fingerprint density at radius 2 is 1.95 bits per heavy atom. The first kappa shape index (κ1) is 14.3. The smallest absolute Gasteiger partial charge is 0.0326 e. The summed E-state index contributed by atoms with van der Waals surface area (Å²) in [4.78, 5) is 1.48. The number of rotatable bonds is 7. The number of thiophene rings is 1. The summed E-state index contributed by atoms with van der Waals surface area (Å²) in [5.74, 6) is 0. The highest BCUT2D eigenvalue weighted by Gasteiger charge is 2.13. The number of benzene rings is 1. The summed E-state index contributed by atoms with van der Waals surface area (Å²) in [6.45, 7) is 5.45. The van der Waals surface area contributed by atoms with E-state index < -0.39 is 0 Å². The third kappa shape index (κ3) is 3.92. The molecule has 0 amide bonds. The third-order valence-corrected chi connectivity index (χ3v) is 4.46. The summed E-state index contributed by atoms with van der Waals surface area (Å²) in [6, 6.07) is 13.7. The highest BCUT2D eigenvalue weighted by atomic mass is 32.1. The minimum Gasteiger partial charge on any atom is -0.310 e. The molecule has 1 aromatic carbocycles. The number of nitrogens with one attached hydrogen (secondary N) is 1. The summed E-state index contributed by atoms with van der Waals surface area (Å²) in [7, 11) is 0. The second-order valence-electron chi connectivity index (χ2n) is 4.78. The normalized spacial score (nSPS) is 12.5. The van der Waals surface area contributed by atoms with Crippen LogP contribution < -0.4 is 5.32 Å². The molecule has 2 heteroatoms. The Labute approximate surface area is 120 Å². The molecule has 0 aliphatic heterocycles. The Morgan fingerprint density at radius 1 is 1.11 bits per heavy atom. The Morgan fingerprint density at radius 3 is 2.63 bits per heavy atom. The molecule has 0 bridgehead atoms. The van der Waals surface area contributed by atoms with Gasteiger partial charge in [0.2, 0.25) is 0 Å². The van der Waals surface area contributed by atoms with Crippen LogP contribution >= 0.6 is 11.3 Å². The lowest BCUT2D eigenvalue weighted by Crippen LogP contribution is -2.22. The Bertz CT molecular complexity index is 476. The van der Waals surface area contributed by atoms with E-state index in [4.69, 9.17) is 0 Å². The molecular weight excluding hydrogens is 250 g/mol. The molecule has 1 heterocycles. The summed E-state index contributed by atoms with van der Waals surface area (Å²) >= 11 is 1.86. The van der Waals surface area contributed by atoms with Gasteiger partial charge >= 0.3 is 0 Å². The lowest BCUT2D eigenvalue weighted by atomic mass is 9.95. The quantitative estimate of drug-likeness (QED) is 0.777. The Kier molecular flexibility index (Phi) is 5.62. The van der Waals surface area contributed by atoms with Crippen LogP contribution in [-0.4, -0.2) is 6.54 Å². The molecule has 19 heavy (non-hydrogen) atoms. The van der Waals surface area contributed by atoms with Crippen LogP contribution in [0, 0.1) is 0 Å². The second kappa shape index (κ2) is 7.46. The van der Waals surface area contributed by atoms with Crippen LogP contribution in [0.4, 0.5) is 0 Å². The van der Waals surface area contributed by atoms with Crippen molar-refractivity contribution in [3.8, 4) is 0 Å². The van der Waals surface area contributed by atoms with Crippen molar-refractivity contribution in [1.29, 1.82) is 0 Å². The molecule has 0 saturated heterocycles. The maximum Gasteiger partial charge on any atom is 0.0326 e. The van der Waals surface area contributed by atoms with Gasteiger partial charge in [0.05, 0.1) is 0 Å². The van der Waals surface area contributed by atoms with Crippen LogP contribution in [-0.2, 0) is 12.8 Å². The van der Waals surface area contributed by atoms with Gasteiger partial charge in [-0.25, -0.2) is 0 Å². The average molecular weight is 273 g/mol. The highest BCUT2D eigenvalue weighted by Crippen LogP contribution is 2.24. The van der Waals surface area contributed by atoms with Gasteiger partial charge < -0.3 is 5.32 Å². The maximum atomic E-state index is 3.64. The maximum absolute atomic E-state index is 3.64. The van der Waals surface area contributed by atoms with E-state index in [1.165, 1.54) is 22.4 Å². The van der Waals surface area contributed by atoms with E-state index >= 15 is 0 Å². The highest BCUT2D eigenvalue weighted by molar-refractivity contribution is 7.09. The Hall–Kier alpha value is -1.12. The zero-order chi connectivity index (χ0) is 13.5. The summed E-state index contributed by atoms with van der Waals surface area (Å²) in [5.41, 5.74) is 2.95. The van der Waals surface area contributed by atoms with Gasteiger partial charge in [-0.05, 0) is 48.4 Å². The molecule has 0 radical (unpaired) electrons. The standard InChI is InChI=1S/C17H23NS/c1-3-14-8-5-6-10-16(14)17(18-4-2)12-11-15-9-7-13-19-15/h5-10,13,17-18H,3-4,11-12H2,1-2H3. The molecule has 0 aliphatic rings. The van der Waals surface area contributed by atoms with Crippen molar-refractivity contribution in [2.24, 2.45) is 0 Å². The molecular formula is C17H23NS. The third-order valence-electron chi connectivity index (χ3n) is 3.52. The topological polar surface area (TPSA) is 12.0 Å². The van der Waals surface area contributed by atoms with Crippen LogP contribution in [0.5, 0.6) is 0 Å². The van der Waals surface area contributed by atoms with Gasteiger partial charge in [-0.2, -0.15) is 0 Å². The predicted molar refractivity (Wildman–Crippen MR) is 84.9 cm³/mol. The molecule has 1 atom stereocenters. The van der Waals surface area contributed by atoms with E-state index in [0.29, 0.717) is 6.04 Å². The van der Waals surface area contributed by atoms with Crippen LogP contribution in [0.25, 0.3) is 0 Å². The van der Waals surface area contributed by atoms with E-state index in [2.05, 4.69) is 60.9 Å². The molecule has 1 nitrogen and oxygen atoms in total. The number of hydrogen-bond donors (Lipinski definition) is 1. The predicted octanol–water partition coefficient (Wildman–Crippen LogP) is 4.59. The van der Waals surface area contributed by atoms with Crippen molar-refractivity contribution in [2.45, 2.75) is 39.2 Å². The van der Waals surface area contributed by atoms with Crippen LogP contribution in [0.15, 0.2) is 41.8 Å². The van der Waals surface area contributed by atoms with E-state index in [1.54, 1.807) is 0 Å². The first-order valence-corrected chi connectivity index (χ1v) is 8.06. The summed E-state index contributed by atoms with van der Waals surface area (Å²) in [5, 5.41) is 5.80. The van der Waals surface area contributed by atoms with Crippen molar-refractivity contribution >= 4 is 11.3 Å². The van der Waals surface area contributed by atoms with Crippen molar-refractivity contribution in [3.63, 3.8) is 0 Å². The van der Waals surface area contributed by atoms with Crippen LogP contribution in [0.3, 0.4) is 0 Å². The van der Waals surface area contributed by atoms with Crippen molar-refractivity contribution < 1.29 is 0 Å². The van der Waals surface area contributed by atoms with Gasteiger partial charge in [0.15, 0.2) is 0 Å². The van der Waals surface area contributed by atoms with E-state index in [1.807, 2.05) is 11.3 Å². The van der Waals surface area contributed by atoms with Crippen molar-refractivity contribution in [2.75, 3.05) is 6.54 Å². The van der Waals surface area contributed by atoms with E-state index in [9.17, 15) is 0 Å². The summed E-state index contributed by atoms with van der Waals surface area (Å²) in [6.07, 6.45) is 3.44. The Balaban J connectivity index is 2.10. The zero-order valence-electron chi connectivity index (χ0n) is 11.9. The molecule has 1 aromatic heterocycles. The fraction of sp³-hybridized carbons (Fsp3) is 0.412. The molecule has 0 spiro atoms. The minimum atomic E-state index is 0.475. The van der Waals surface area contributed by atoms with Gasteiger partial charge in [0.1, 0.15) is 0 Å². The number of hydrogen-bond acceptors (Lipinski definition) is 2. The lowest BCUT2D eigenvalue weighted by molar-refractivity contribution is 0.513. The fourth-order valence-corrected chi connectivity index (χ4v) is 3.28. The summed E-state index contributed by atoms with van der Waals surface area (Å²) < 4.78 is 0. The monoisotopic (exact) mass is 273 g/mol. The van der Waals surface area contributed by atoms with Crippen LogP contribution in [0.2, 0.25) is 0 Å². The van der Waals surface area contributed by atoms with Gasteiger partial charge in [-0.15, -0.1) is 11.3 Å². The first-order valence-electron chi connectivity index (χ1n) is 7.18. The largest absolute Gasteiger partial charge is 0.310 e. The molecule has 2 rings (SSSR count). The molecule has 0 fully saturated rings. The van der Waals surface area contributed by atoms with E-state index in [0.717, 1.165) is 19.4 Å². The molecule has 1 unspecified atom stereocenters. The molecule has 2 aromatic rings. The SMILES string of the molecule is CCNC(CCc1cccs1)c1ccccc1CC. The molecule has 0 aliphatic carbocycles. The second-order valence-corrected chi connectivity index (χ2v) is 5.81. The zero-order valence-corrected chi connectivity index (χ0v) is 12.7. The molecule has 0 saturated carbocycles. The van der Waals surface area contributed by atoms with Crippen molar-refractivity contribution in [3.05, 3.63) is 57.8 Å².